The molecule has 2 aromatic heterocycles. The molecule has 0 aliphatic carbocycles. The summed E-state index contributed by atoms with van der Waals surface area (Å²) < 4.78 is 0. The largest absolute Gasteiger partial charge is 0.330 e. The van der Waals surface area contributed by atoms with Gasteiger partial charge in [-0.05, 0) is 42.3 Å². The van der Waals surface area contributed by atoms with Crippen molar-refractivity contribution < 1.29 is 4.79 Å². The quantitative estimate of drug-likeness (QED) is 0.277. The molecule has 0 fully saturated rings. The Hall–Kier alpha value is -3.76. The van der Waals surface area contributed by atoms with Gasteiger partial charge >= 0.3 is 0 Å². The topological polar surface area (TPSA) is 33.2 Å². The molecule has 0 radical (unpaired) electrons. The maximum Gasteiger partial charge on any atom is 0.255 e. The monoisotopic (exact) mass is 448 g/mol. The first-order valence-electron chi connectivity index (χ1n) is 11.0. The lowest BCUT2D eigenvalue weighted by atomic mass is 10.0. The minimum Gasteiger partial charge on any atom is -0.330 e. The molecule has 0 saturated carbocycles. The summed E-state index contributed by atoms with van der Waals surface area (Å²) in [6.07, 6.45) is 0. The molecule has 0 unspecified atom stereocenters. The number of carbonyl (C=O) groups excluding carboxylic acids is 1. The van der Waals surface area contributed by atoms with Crippen molar-refractivity contribution in [3.8, 4) is 10.6 Å². The van der Waals surface area contributed by atoms with Crippen LogP contribution in [0.4, 0.5) is 0 Å². The molecule has 2 heterocycles. The Kier molecular flexibility index (Phi) is 6.01. The molecule has 0 saturated heterocycles. The average Bonchev–Trinajstić information content (AvgIpc) is 3.30. The first-order chi connectivity index (χ1) is 16.2. The molecule has 162 valence electrons. The Morgan fingerprint density at radius 1 is 0.788 bits per heavy atom. The molecule has 5 rings (SSSR count). The van der Waals surface area contributed by atoms with Gasteiger partial charge in [-0.25, -0.2) is 4.98 Å². The lowest BCUT2D eigenvalue weighted by Gasteiger charge is -2.24. The van der Waals surface area contributed by atoms with E-state index in [-0.39, 0.29) is 5.91 Å². The van der Waals surface area contributed by atoms with E-state index in [4.69, 9.17) is 4.98 Å². The van der Waals surface area contributed by atoms with Gasteiger partial charge in [-0.15, -0.1) is 11.3 Å². The third-order valence-corrected chi connectivity index (χ3v) is 6.68. The second-order valence-electron chi connectivity index (χ2n) is 8.11. The number of amides is 1. The van der Waals surface area contributed by atoms with Crippen LogP contribution in [0.25, 0.3) is 21.5 Å². The maximum atomic E-state index is 14.1. The van der Waals surface area contributed by atoms with E-state index >= 15 is 0 Å². The van der Waals surface area contributed by atoms with Crippen molar-refractivity contribution >= 4 is 28.1 Å². The molecular formula is C29H24N2OS. The van der Waals surface area contributed by atoms with Gasteiger partial charge in [-0.3, -0.25) is 4.79 Å². The summed E-state index contributed by atoms with van der Waals surface area (Å²) in [7, 11) is 0. The number of thiophene rings is 1. The van der Waals surface area contributed by atoms with E-state index in [9.17, 15) is 4.79 Å². The number of aromatic nitrogens is 1. The van der Waals surface area contributed by atoms with E-state index in [1.807, 2.05) is 71.6 Å². The number of aryl methyl sites for hydroxylation is 1. The van der Waals surface area contributed by atoms with Gasteiger partial charge in [0.15, 0.2) is 0 Å². The predicted octanol–water partition coefficient (Wildman–Crippen LogP) is 7.11. The zero-order valence-electron chi connectivity index (χ0n) is 18.4. The molecule has 3 nitrogen and oxygen atoms in total. The number of benzene rings is 3. The van der Waals surface area contributed by atoms with Crippen LogP contribution in [0, 0.1) is 6.92 Å². The molecule has 33 heavy (non-hydrogen) atoms. The van der Waals surface area contributed by atoms with Gasteiger partial charge in [0.05, 0.1) is 21.7 Å². The lowest BCUT2D eigenvalue weighted by Crippen LogP contribution is -2.30. The Bertz CT molecular complexity index is 1350. The van der Waals surface area contributed by atoms with Crippen molar-refractivity contribution in [1.82, 2.24) is 9.88 Å². The van der Waals surface area contributed by atoms with Crippen LogP contribution in [-0.2, 0) is 13.1 Å². The highest BCUT2D eigenvalue weighted by Gasteiger charge is 2.21. The second-order valence-corrected chi connectivity index (χ2v) is 9.40. The molecule has 0 N–H and O–H groups in total. The Balaban J connectivity index is 1.59. The molecule has 0 aliphatic rings. The maximum absolute atomic E-state index is 14.1. The van der Waals surface area contributed by atoms with Crippen molar-refractivity contribution in [3.05, 3.63) is 125 Å². The number of hydrogen-bond donors (Lipinski definition) is 0. The van der Waals surface area contributed by atoms with Gasteiger partial charge < -0.3 is 4.90 Å². The molecule has 0 bridgehead atoms. The van der Waals surface area contributed by atoms with Crippen molar-refractivity contribution in [2.45, 2.75) is 20.0 Å². The van der Waals surface area contributed by atoms with E-state index in [2.05, 4.69) is 43.3 Å². The fraction of sp³-hybridized carbons (Fsp3) is 0.103. The van der Waals surface area contributed by atoms with Crippen LogP contribution < -0.4 is 0 Å². The molecule has 5 aromatic rings. The lowest BCUT2D eigenvalue weighted by molar-refractivity contribution is 0.0732. The number of pyridine rings is 1. The van der Waals surface area contributed by atoms with Gasteiger partial charge in [-0.1, -0.05) is 78.9 Å². The van der Waals surface area contributed by atoms with Crippen LogP contribution in [0.3, 0.4) is 0 Å². The van der Waals surface area contributed by atoms with E-state index in [1.54, 1.807) is 11.3 Å². The van der Waals surface area contributed by atoms with E-state index in [0.29, 0.717) is 18.7 Å². The smallest absolute Gasteiger partial charge is 0.255 e. The van der Waals surface area contributed by atoms with Gasteiger partial charge in [0.2, 0.25) is 0 Å². The van der Waals surface area contributed by atoms with Crippen LogP contribution in [0.2, 0.25) is 0 Å². The van der Waals surface area contributed by atoms with Gasteiger partial charge in [0.25, 0.3) is 5.91 Å². The van der Waals surface area contributed by atoms with Crippen LogP contribution in [0.1, 0.15) is 26.4 Å². The number of hydrogen-bond acceptors (Lipinski definition) is 3. The number of nitrogens with zero attached hydrogens (tertiary/aromatic N) is 2. The van der Waals surface area contributed by atoms with Crippen molar-refractivity contribution in [3.63, 3.8) is 0 Å². The molecular weight excluding hydrogens is 424 g/mol. The minimum atomic E-state index is 0.0100. The van der Waals surface area contributed by atoms with E-state index in [0.717, 1.165) is 32.6 Å². The van der Waals surface area contributed by atoms with E-state index < -0.39 is 0 Å². The van der Waals surface area contributed by atoms with E-state index in [1.165, 1.54) is 4.88 Å². The Morgan fingerprint density at radius 3 is 2.00 bits per heavy atom. The van der Waals surface area contributed by atoms with Crippen molar-refractivity contribution in [2.24, 2.45) is 0 Å². The molecule has 1 amide bonds. The van der Waals surface area contributed by atoms with Crippen LogP contribution >= 0.6 is 11.3 Å². The molecule has 4 heteroatoms. The molecule has 0 spiro atoms. The van der Waals surface area contributed by atoms with Gasteiger partial charge in [0.1, 0.15) is 0 Å². The summed E-state index contributed by atoms with van der Waals surface area (Å²) in [5, 5.41) is 0.880. The fourth-order valence-corrected chi connectivity index (χ4v) is 4.86. The highest BCUT2D eigenvalue weighted by molar-refractivity contribution is 7.15. The highest BCUT2D eigenvalue weighted by atomic mass is 32.1. The number of carbonyl (C=O) groups is 1. The third-order valence-electron chi connectivity index (χ3n) is 5.66. The SMILES string of the molecule is Cc1ccc(-c2cc(C(=O)N(Cc3ccccc3)Cc3ccccc3)c3ccccc3n2)s1. The summed E-state index contributed by atoms with van der Waals surface area (Å²) in [5.41, 5.74) is 4.58. The fourth-order valence-electron chi connectivity index (χ4n) is 4.03. The van der Waals surface area contributed by atoms with Crippen molar-refractivity contribution in [2.75, 3.05) is 0 Å². The first-order valence-corrected chi connectivity index (χ1v) is 11.8. The number of para-hydroxylation sites is 1. The standard InChI is InChI=1S/C29H24N2OS/c1-21-16-17-28(33-21)27-18-25(24-14-8-9-15-26(24)30-27)29(32)31(19-22-10-4-2-5-11-22)20-23-12-6-3-7-13-23/h2-18H,19-20H2,1H3. The molecule has 0 aliphatic heterocycles. The molecule has 0 atom stereocenters. The molecule has 3 aromatic carbocycles. The van der Waals surface area contributed by atoms with Crippen molar-refractivity contribution in [1.29, 1.82) is 0 Å². The summed E-state index contributed by atoms with van der Waals surface area (Å²) in [6.45, 7) is 3.17. The summed E-state index contributed by atoms with van der Waals surface area (Å²) >= 11 is 1.70. The van der Waals surface area contributed by atoms with Gasteiger partial charge in [-0.2, -0.15) is 0 Å². The van der Waals surface area contributed by atoms with Crippen LogP contribution in [0.5, 0.6) is 0 Å². The van der Waals surface area contributed by atoms with Gasteiger partial charge in [0, 0.05) is 23.4 Å². The average molecular weight is 449 g/mol. The number of rotatable bonds is 6. The first kappa shape index (κ1) is 21.1. The Morgan fingerprint density at radius 2 is 1.39 bits per heavy atom. The highest BCUT2D eigenvalue weighted by Crippen LogP contribution is 2.31. The minimum absolute atomic E-state index is 0.0100. The van der Waals surface area contributed by atoms with Crippen LogP contribution in [-0.4, -0.2) is 15.8 Å². The zero-order chi connectivity index (χ0) is 22.6. The summed E-state index contributed by atoms with van der Waals surface area (Å²) in [6, 6.07) is 34.3. The summed E-state index contributed by atoms with van der Waals surface area (Å²) in [5.74, 6) is 0.0100. The predicted molar refractivity (Wildman–Crippen MR) is 136 cm³/mol. The number of fused-ring (bicyclic) bond motifs is 1. The third kappa shape index (κ3) is 4.71. The Labute approximate surface area is 198 Å². The summed E-state index contributed by atoms with van der Waals surface area (Å²) in [4.78, 5) is 23.2. The normalized spacial score (nSPS) is 10.9. The second kappa shape index (κ2) is 9.39. The zero-order valence-corrected chi connectivity index (χ0v) is 19.3. The van der Waals surface area contributed by atoms with Crippen LogP contribution in [0.15, 0.2) is 103 Å².